The smallest absolute Gasteiger partial charge is 0.325 e. The van der Waals surface area contributed by atoms with Crippen LogP contribution < -0.4 is 10.9 Å². The van der Waals surface area contributed by atoms with Crippen LogP contribution in [0.5, 0.6) is 0 Å². The summed E-state index contributed by atoms with van der Waals surface area (Å²) in [6.07, 6.45) is -4.21. The normalized spacial score (nSPS) is 11.6. The molecule has 1 amide bonds. The first-order chi connectivity index (χ1) is 17.4. The molecule has 2 aromatic heterocycles. The van der Waals surface area contributed by atoms with Gasteiger partial charge in [-0.1, -0.05) is 19.1 Å². The van der Waals surface area contributed by atoms with Crippen LogP contribution in [0.3, 0.4) is 0 Å². The standard InChI is InChI=1S/C24H19BrF3N5O4/c1-3-17-20(16-6-4-5-7-18(16)33(36)37)22(35)32-21(25)13(2)31(23(32)30-17)12-19(34)29-15-10-8-14(9-11-15)24(26,27)28/h4-11H,3,12H2,1-2H3,(H,29,34). The van der Waals surface area contributed by atoms with Crippen LogP contribution >= 0.6 is 15.9 Å². The predicted octanol–water partition coefficient (Wildman–Crippen LogP) is 5.36. The minimum atomic E-state index is -4.50. The third-order valence-electron chi connectivity index (χ3n) is 5.78. The number of benzene rings is 2. The monoisotopic (exact) mass is 577 g/mol. The number of fused-ring (bicyclic) bond motifs is 1. The van der Waals surface area contributed by atoms with E-state index in [1.54, 1.807) is 19.9 Å². The second-order valence-corrected chi connectivity index (χ2v) is 8.84. The largest absolute Gasteiger partial charge is 0.416 e. The molecule has 0 aliphatic rings. The lowest BCUT2D eigenvalue weighted by atomic mass is 10.0. The van der Waals surface area contributed by atoms with Crippen molar-refractivity contribution in [3.8, 4) is 11.1 Å². The molecular formula is C24H19BrF3N5O4. The van der Waals surface area contributed by atoms with E-state index >= 15 is 0 Å². The Bertz CT molecular complexity index is 1590. The highest BCUT2D eigenvalue weighted by atomic mass is 79.9. The number of hydrogen-bond donors (Lipinski definition) is 1. The maximum absolute atomic E-state index is 13.6. The van der Waals surface area contributed by atoms with Gasteiger partial charge in [0.05, 0.1) is 27.3 Å². The highest BCUT2D eigenvalue weighted by Crippen LogP contribution is 2.32. The SMILES string of the molecule is CCc1nc2n(CC(=O)Nc3ccc(C(F)(F)F)cc3)c(C)c(Br)n2c(=O)c1-c1ccccc1[N+](=O)[O-]. The molecule has 192 valence electrons. The molecule has 0 aliphatic carbocycles. The fourth-order valence-corrected chi connectivity index (χ4v) is 4.51. The number of carbonyl (C=O) groups is 1. The minimum Gasteiger partial charge on any atom is -0.325 e. The number of aryl methyl sites for hydroxylation is 1. The van der Waals surface area contributed by atoms with Crippen molar-refractivity contribution in [2.24, 2.45) is 0 Å². The van der Waals surface area contributed by atoms with Crippen molar-refractivity contribution < 1.29 is 22.9 Å². The zero-order valence-corrected chi connectivity index (χ0v) is 21.1. The molecule has 0 fully saturated rings. The number of rotatable bonds is 6. The van der Waals surface area contributed by atoms with Crippen molar-refractivity contribution in [1.82, 2.24) is 14.0 Å². The fourth-order valence-electron chi connectivity index (χ4n) is 3.98. The van der Waals surface area contributed by atoms with E-state index < -0.39 is 28.1 Å². The molecule has 9 nitrogen and oxygen atoms in total. The number of nitro groups is 1. The zero-order chi connectivity index (χ0) is 27.1. The summed E-state index contributed by atoms with van der Waals surface area (Å²) in [5.41, 5.74) is -0.445. The molecule has 0 spiro atoms. The molecule has 0 atom stereocenters. The quantitative estimate of drug-likeness (QED) is 0.245. The van der Waals surface area contributed by atoms with Crippen molar-refractivity contribution in [1.29, 1.82) is 0 Å². The topological polar surface area (TPSA) is 112 Å². The fraction of sp³-hybridized carbons (Fsp3) is 0.208. The summed E-state index contributed by atoms with van der Waals surface area (Å²) in [6.45, 7) is 3.12. The molecular weight excluding hydrogens is 559 g/mol. The van der Waals surface area contributed by atoms with Gasteiger partial charge in [0.25, 0.3) is 11.2 Å². The van der Waals surface area contributed by atoms with Gasteiger partial charge in [-0.3, -0.25) is 19.7 Å². The molecule has 1 N–H and O–H groups in total. The zero-order valence-electron chi connectivity index (χ0n) is 19.5. The van der Waals surface area contributed by atoms with Gasteiger partial charge in [-0.15, -0.1) is 0 Å². The number of anilines is 1. The molecule has 2 heterocycles. The summed E-state index contributed by atoms with van der Waals surface area (Å²) in [4.78, 5) is 42.0. The van der Waals surface area contributed by atoms with Crippen LogP contribution in [0.4, 0.5) is 24.5 Å². The lowest BCUT2D eigenvalue weighted by Gasteiger charge is -2.12. The second kappa shape index (κ2) is 9.81. The van der Waals surface area contributed by atoms with E-state index in [9.17, 15) is 32.9 Å². The van der Waals surface area contributed by atoms with E-state index in [0.29, 0.717) is 16.0 Å². The summed E-state index contributed by atoms with van der Waals surface area (Å²) in [5, 5.41) is 14.1. The van der Waals surface area contributed by atoms with Gasteiger partial charge in [-0.05, 0) is 59.6 Å². The van der Waals surface area contributed by atoms with Crippen LogP contribution in [0.2, 0.25) is 0 Å². The van der Waals surface area contributed by atoms with E-state index in [1.807, 2.05) is 0 Å². The maximum Gasteiger partial charge on any atom is 0.416 e. The van der Waals surface area contributed by atoms with Gasteiger partial charge in [0.15, 0.2) is 0 Å². The molecule has 4 aromatic rings. The Balaban J connectivity index is 1.76. The summed E-state index contributed by atoms with van der Waals surface area (Å²) < 4.78 is 41.4. The lowest BCUT2D eigenvalue weighted by Crippen LogP contribution is -2.23. The minimum absolute atomic E-state index is 0.0827. The van der Waals surface area contributed by atoms with E-state index in [1.165, 1.54) is 27.2 Å². The van der Waals surface area contributed by atoms with Gasteiger partial charge in [0, 0.05) is 17.4 Å². The predicted molar refractivity (Wildman–Crippen MR) is 133 cm³/mol. The Labute approximate surface area is 215 Å². The van der Waals surface area contributed by atoms with Gasteiger partial charge in [0.2, 0.25) is 11.7 Å². The van der Waals surface area contributed by atoms with Crippen molar-refractivity contribution in [3.05, 3.63) is 90.6 Å². The van der Waals surface area contributed by atoms with Gasteiger partial charge in [-0.2, -0.15) is 13.2 Å². The van der Waals surface area contributed by atoms with Crippen molar-refractivity contribution in [2.75, 3.05) is 5.32 Å². The molecule has 37 heavy (non-hydrogen) atoms. The lowest BCUT2D eigenvalue weighted by molar-refractivity contribution is -0.384. The number of carbonyl (C=O) groups excluding carboxylic acids is 1. The Kier molecular flexibility index (Phi) is 6.91. The third kappa shape index (κ3) is 4.86. The second-order valence-electron chi connectivity index (χ2n) is 8.09. The number of aromatic nitrogens is 3. The van der Waals surface area contributed by atoms with Crippen LogP contribution in [0.15, 0.2) is 57.9 Å². The molecule has 4 rings (SSSR count). The summed E-state index contributed by atoms with van der Waals surface area (Å²) in [5.74, 6) is -0.418. The van der Waals surface area contributed by atoms with E-state index in [2.05, 4.69) is 26.2 Å². The van der Waals surface area contributed by atoms with Crippen molar-refractivity contribution in [2.45, 2.75) is 33.0 Å². The Morgan fingerprint density at radius 2 is 1.81 bits per heavy atom. The molecule has 0 unspecified atom stereocenters. The number of nitro benzene ring substituents is 1. The third-order valence-corrected chi connectivity index (χ3v) is 6.71. The Morgan fingerprint density at radius 3 is 2.41 bits per heavy atom. The van der Waals surface area contributed by atoms with Gasteiger partial charge in [-0.25, -0.2) is 9.38 Å². The molecule has 0 bridgehead atoms. The first kappa shape index (κ1) is 26.1. The van der Waals surface area contributed by atoms with Crippen LogP contribution in [-0.4, -0.2) is 24.8 Å². The molecule has 2 aromatic carbocycles. The van der Waals surface area contributed by atoms with E-state index in [-0.39, 0.29) is 41.2 Å². The molecule has 0 radical (unpaired) electrons. The van der Waals surface area contributed by atoms with Crippen LogP contribution in [0.25, 0.3) is 16.9 Å². The molecule has 0 saturated heterocycles. The molecule has 0 aliphatic heterocycles. The molecule has 13 heteroatoms. The number of nitrogens with zero attached hydrogens (tertiary/aromatic N) is 4. The summed E-state index contributed by atoms with van der Waals surface area (Å²) >= 11 is 3.37. The number of alkyl halides is 3. The van der Waals surface area contributed by atoms with Gasteiger partial charge >= 0.3 is 6.18 Å². The number of hydrogen-bond acceptors (Lipinski definition) is 5. The first-order valence-electron chi connectivity index (χ1n) is 10.9. The highest BCUT2D eigenvalue weighted by Gasteiger charge is 2.30. The number of imidazole rings is 1. The van der Waals surface area contributed by atoms with Crippen LogP contribution in [0, 0.1) is 17.0 Å². The van der Waals surface area contributed by atoms with Crippen molar-refractivity contribution in [3.63, 3.8) is 0 Å². The van der Waals surface area contributed by atoms with Gasteiger partial charge < -0.3 is 9.88 Å². The summed E-state index contributed by atoms with van der Waals surface area (Å²) in [6, 6.07) is 9.90. The average molecular weight is 578 g/mol. The maximum atomic E-state index is 13.6. The number of amides is 1. The van der Waals surface area contributed by atoms with E-state index in [0.717, 1.165) is 24.3 Å². The average Bonchev–Trinajstić information content (AvgIpc) is 3.08. The Morgan fingerprint density at radius 1 is 1.16 bits per heavy atom. The van der Waals surface area contributed by atoms with Crippen molar-refractivity contribution >= 4 is 39.0 Å². The van der Waals surface area contributed by atoms with Gasteiger partial charge in [0.1, 0.15) is 11.1 Å². The molecule has 0 saturated carbocycles. The van der Waals surface area contributed by atoms with Crippen LogP contribution in [-0.2, 0) is 23.9 Å². The number of halogens is 4. The highest BCUT2D eigenvalue weighted by molar-refractivity contribution is 9.10. The number of nitrogens with one attached hydrogen (secondary N) is 1. The van der Waals surface area contributed by atoms with Crippen LogP contribution in [0.1, 0.15) is 23.9 Å². The van der Waals surface area contributed by atoms with E-state index in [4.69, 9.17) is 0 Å². The Hall–Kier alpha value is -4.00. The summed E-state index contributed by atoms with van der Waals surface area (Å²) in [7, 11) is 0. The number of para-hydroxylation sites is 1. The first-order valence-corrected chi connectivity index (χ1v) is 11.7.